The monoisotopic (exact) mass is 273 g/mol. The van der Waals surface area contributed by atoms with E-state index in [9.17, 15) is 14.4 Å². The van der Waals surface area contributed by atoms with E-state index in [1.165, 1.54) is 11.3 Å². The molecule has 0 bridgehead atoms. The Balaban J connectivity index is 2.55. The summed E-state index contributed by atoms with van der Waals surface area (Å²) in [6.07, 6.45) is -3.98. The molecule has 18 heavy (non-hydrogen) atoms. The number of hydrogen-bond acceptors (Lipinski definition) is 6. The van der Waals surface area contributed by atoms with Gasteiger partial charge in [0.15, 0.2) is 6.10 Å². The highest BCUT2D eigenvalue weighted by molar-refractivity contribution is 7.10. The van der Waals surface area contributed by atoms with E-state index in [1.54, 1.807) is 17.5 Å². The zero-order valence-electron chi connectivity index (χ0n) is 9.12. The van der Waals surface area contributed by atoms with Crippen LogP contribution in [0.15, 0.2) is 17.5 Å². The van der Waals surface area contributed by atoms with Crippen molar-refractivity contribution < 1.29 is 23.9 Å². The Bertz CT molecular complexity index is 433. The van der Waals surface area contributed by atoms with Gasteiger partial charge in [0.1, 0.15) is 0 Å². The molecule has 0 aromatic carbocycles. The SMILES string of the molecule is NC(=O)OC(=O)NCC(OC(N)=O)c1cccs1. The Morgan fingerprint density at radius 2 is 2.06 bits per heavy atom. The van der Waals surface area contributed by atoms with Crippen LogP contribution >= 0.6 is 11.3 Å². The first-order valence-electron chi connectivity index (χ1n) is 4.73. The van der Waals surface area contributed by atoms with Crippen LogP contribution in [0.1, 0.15) is 11.0 Å². The lowest BCUT2D eigenvalue weighted by molar-refractivity contribution is 0.104. The van der Waals surface area contributed by atoms with E-state index in [-0.39, 0.29) is 6.54 Å². The molecule has 0 aliphatic rings. The summed E-state index contributed by atoms with van der Waals surface area (Å²) in [5.41, 5.74) is 9.56. The van der Waals surface area contributed by atoms with Crippen LogP contribution in [-0.4, -0.2) is 24.8 Å². The third-order valence-corrected chi connectivity index (χ3v) is 2.71. The van der Waals surface area contributed by atoms with Crippen molar-refractivity contribution in [2.45, 2.75) is 6.10 Å². The quantitative estimate of drug-likeness (QED) is 0.694. The number of carbonyl (C=O) groups is 3. The zero-order valence-corrected chi connectivity index (χ0v) is 9.94. The maximum absolute atomic E-state index is 11.0. The van der Waals surface area contributed by atoms with E-state index in [1.807, 2.05) is 0 Å². The van der Waals surface area contributed by atoms with E-state index in [0.717, 1.165) is 0 Å². The number of nitrogens with two attached hydrogens (primary N) is 2. The molecule has 0 saturated carbocycles. The van der Waals surface area contributed by atoms with Crippen LogP contribution in [0.3, 0.4) is 0 Å². The fourth-order valence-corrected chi connectivity index (χ4v) is 1.87. The van der Waals surface area contributed by atoms with Crippen molar-refractivity contribution in [3.63, 3.8) is 0 Å². The van der Waals surface area contributed by atoms with E-state index in [0.29, 0.717) is 4.88 Å². The van der Waals surface area contributed by atoms with Gasteiger partial charge >= 0.3 is 18.3 Å². The maximum Gasteiger partial charge on any atom is 0.416 e. The highest BCUT2D eigenvalue weighted by Crippen LogP contribution is 2.21. The molecule has 1 atom stereocenters. The average Bonchev–Trinajstić information content (AvgIpc) is 2.75. The topological polar surface area (TPSA) is 134 Å². The molecule has 0 aliphatic carbocycles. The van der Waals surface area contributed by atoms with E-state index < -0.39 is 24.4 Å². The molecule has 1 aromatic heterocycles. The number of rotatable bonds is 4. The number of hydrogen-bond donors (Lipinski definition) is 3. The molecule has 0 aliphatic heterocycles. The van der Waals surface area contributed by atoms with Gasteiger partial charge in [0.05, 0.1) is 6.54 Å². The smallest absolute Gasteiger partial charge is 0.416 e. The van der Waals surface area contributed by atoms with Crippen molar-refractivity contribution in [1.29, 1.82) is 0 Å². The highest BCUT2D eigenvalue weighted by atomic mass is 32.1. The Hall–Kier alpha value is -2.29. The molecule has 0 saturated heterocycles. The van der Waals surface area contributed by atoms with Crippen LogP contribution in [0.4, 0.5) is 14.4 Å². The number of amides is 3. The second-order valence-corrected chi connectivity index (χ2v) is 4.01. The summed E-state index contributed by atoms with van der Waals surface area (Å²) in [4.78, 5) is 32.7. The van der Waals surface area contributed by atoms with Gasteiger partial charge in [-0.25, -0.2) is 14.4 Å². The zero-order chi connectivity index (χ0) is 13.5. The molecule has 3 amide bonds. The Labute approximate surface area is 106 Å². The summed E-state index contributed by atoms with van der Waals surface area (Å²) in [5.74, 6) is 0. The van der Waals surface area contributed by atoms with Gasteiger partial charge in [0.25, 0.3) is 0 Å². The number of ether oxygens (including phenoxy) is 2. The molecule has 1 heterocycles. The molecular formula is C9H11N3O5S. The number of alkyl carbamates (subject to hydrolysis) is 1. The Kier molecular flexibility index (Phi) is 4.93. The van der Waals surface area contributed by atoms with Gasteiger partial charge in [-0.15, -0.1) is 11.3 Å². The summed E-state index contributed by atoms with van der Waals surface area (Å²) in [7, 11) is 0. The molecular weight excluding hydrogens is 262 g/mol. The van der Waals surface area contributed by atoms with Crippen LogP contribution in [0.25, 0.3) is 0 Å². The largest absolute Gasteiger partial charge is 0.439 e. The fourth-order valence-electron chi connectivity index (χ4n) is 1.12. The second-order valence-electron chi connectivity index (χ2n) is 3.03. The van der Waals surface area contributed by atoms with E-state index in [2.05, 4.69) is 15.8 Å². The normalized spacial score (nSPS) is 11.3. The minimum Gasteiger partial charge on any atom is -0.439 e. The van der Waals surface area contributed by atoms with Crippen molar-refractivity contribution in [3.8, 4) is 0 Å². The number of carbonyl (C=O) groups excluding carboxylic acids is 3. The van der Waals surface area contributed by atoms with Gasteiger partial charge in [-0.1, -0.05) is 6.07 Å². The van der Waals surface area contributed by atoms with Crippen LogP contribution in [0, 0.1) is 0 Å². The van der Waals surface area contributed by atoms with Crippen LogP contribution < -0.4 is 16.8 Å². The average molecular weight is 273 g/mol. The molecule has 98 valence electrons. The van der Waals surface area contributed by atoms with Crippen molar-refractivity contribution in [2.24, 2.45) is 11.5 Å². The first-order valence-corrected chi connectivity index (χ1v) is 5.61. The lowest BCUT2D eigenvalue weighted by atomic mass is 10.3. The molecule has 0 fully saturated rings. The van der Waals surface area contributed by atoms with Crippen LogP contribution in [0.2, 0.25) is 0 Å². The summed E-state index contributed by atoms with van der Waals surface area (Å²) in [6.45, 7) is -0.0877. The first-order chi connectivity index (χ1) is 8.49. The van der Waals surface area contributed by atoms with Crippen molar-refractivity contribution >= 4 is 29.6 Å². The maximum atomic E-state index is 11.0. The van der Waals surface area contributed by atoms with Crippen molar-refractivity contribution in [1.82, 2.24) is 5.32 Å². The van der Waals surface area contributed by atoms with Gasteiger partial charge < -0.3 is 26.3 Å². The molecule has 8 nitrogen and oxygen atoms in total. The summed E-state index contributed by atoms with van der Waals surface area (Å²) in [5, 5.41) is 3.99. The summed E-state index contributed by atoms with van der Waals surface area (Å²) >= 11 is 1.32. The third-order valence-electron chi connectivity index (χ3n) is 1.74. The second kappa shape index (κ2) is 6.45. The molecule has 0 radical (unpaired) electrons. The molecule has 1 unspecified atom stereocenters. The lowest BCUT2D eigenvalue weighted by Crippen LogP contribution is -2.34. The molecule has 1 rings (SSSR count). The molecule has 9 heteroatoms. The van der Waals surface area contributed by atoms with Gasteiger partial charge in [-0.05, 0) is 11.4 Å². The lowest BCUT2D eigenvalue weighted by Gasteiger charge is -2.15. The molecule has 5 N–H and O–H groups in total. The predicted molar refractivity (Wildman–Crippen MR) is 61.8 cm³/mol. The minimum atomic E-state index is -1.23. The first kappa shape index (κ1) is 13.8. The van der Waals surface area contributed by atoms with Crippen molar-refractivity contribution in [2.75, 3.05) is 6.54 Å². The van der Waals surface area contributed by atoms with Crippen LogP contribution in [-0.2, 0) is 9.47 Å². The van der Waals surface area contributed by atoms with Gasteiger partial charge in [0.2, 0.25) is 0 Å². The van der Waals surface area contributed by atoms with Gasteiger partial charge in [-0.2, -0.15) is 0 Å². The fraction of sp³-hybridized carbons (Fsp3) is 0.222. The van der Waals surface area contributed by atoms with E-state index in [4.69, 9.17) is 10.5 Å². The molecule has 0 spiro atoms. The highest BCUT2D eigenvalue weighted by Gasteiger charge is 2.18. The Morgan fingerprint density at radius 3 is 2.56 bits per heavy atom. The number of primary amides is 2. The summed E-state index contributed by atoms with van der Waals surface area (Å²) in [6, 6.07) is 3.46. The Morgan fingerprint density at radius 1 is 1.33 bits per heavy atom. The number of nitrogens with one attached hydrogen (secondary N) is 1. The van der Waals surface area contributed by atoms with E-state index >= 15 is 0 Å². The molecule has 1 aromatic rings. The standard InChI is InChI=1S/C9H11N3O5S/c10-7(13)16-5(6-2-1-3-18-6)4-12-9(15)17-8(11)14/h1-3,5H,4H2,(H2,10,13)(H2,11,14)(H,12,15). The van der Waals surface area contributed by atoms with Crippen LogP contribution in [0.5, 0.6) is 0 Å². The van der Waals surface area contributed by atoms with Crippen molar-refractivity contribution in [3.05, 3.63) is 22.4 Å². The van der Waals surface area contributed by atoms with Gasteiger partial charge in [0, 0.05) is 4.88 Å². The minimum absolute atomic E-state index is 0.0877. The summed E-state index contributed by atoms with van der Waals surface area (Å²) < 4.78 is 8.86. The van der Waals surface area contributed by atoms with Gasteiger partial charge in [-0.3, -0.25) is 0 Å². The third kappa shape index (κ3) is 4.70. The predicted octanol–water partition coefficient (Wildman–Crippen LogP) is 0.689. The number of thiophene rings is 1.